The smallest absolute Gasteiger partial charge is 0.255 e. The van der Waals surface area contributed by atoms with Gasteiger partial charge in [-0.25, -0.2) is 4.98 Å². The molecular weight excluding hydrogens is 393 g/mol. The van der Waals surface area contributed by atoms with Gasteiger partial charge in [-0.1, -0.05) is 65.7 Å². The fraction of sp³-hybridized carbons (Fsp3) is 0.182. The molecule has 1 heterocycles. The van der Waals surface area contributed by atoms with Crippen molar-refractivity contribution in [2.75, 3.05) is 11.9 Å². The average Bonchev–Trinajstić information content (AvgIpc) is 2.68. The van der Waals surface area contributed by atoms with Crippen LogP contribution in [0.2, 0.25) is 10.0 Å². The third-order valence-corrected chi connectivity index (χ3v) is 4.84. The Morgan fingerprint density at radius 1 is 1.07 bits per heavy atom. The SMILES string of the molecule is C[C@H](NC(=O)c1cc(Cl)cnc1N(C)Cc1cccc(Cl)c1)c1ccccc1. The Hall–Kier alpha value is -2.56. The van der Waals surface area contributed by atoms with Gasteiger partial charge in [-0.05, 0) is 36.2 Å². The third kappa shape index (κ3) is 5.03. The molecule has 0 radical (unpaired) electrons. The molecule has 2 aromatic carbocycles. The number of carbonyl (C=O) groups is 1. The van der Waals surface area contributed by atoms with E-state index in [-0.39, 0.29) is 11.9 Å². The molecule has 0 aliphatic carbocycles. The lowest BCUT2D eigenvalue weighted by Gasteiger charge is -2.22. The van der Waals surface area contributed by atoms with Gasteiger partial charge in [-0.3, -0.25) is 4.79 Å². The van der Waals surface area contributed by atoms with Crippen molar-refractivity contribution in [2.45, 2.75) is 19.5 Å². The van der Waals surface area contributed by atoms with Crippen molar-refractivity contribution in [3.05, 3.63) is 93.6 Å². The molecule has 0 aliphatic heterocycles. The van der Waals surface area contributed by atoms with Crippen molar-refractivity contribution in [3.8, 4) is 0 Å². The number of hydrogen-bond donors (Lipinski definition) is 1. The second-order valence-electron chi connectivity index (χ2n) is 6.62. The number of amides is 1. The van der Waals surface area contributed by atoms with E-state index in [2.05, 4.69) is 10.3 Å². The van der Waals surface area contributed by atoms with Gasteiger partial charge in [0, 0.05) is 24.8 Å². The first kappa shape index (κ1) is 20.2. The summed E-state index contributed by atoms with van der Waals surface area (Å²) in [6.45, 7) is 2.50. The number of pyridine rings is 1. The lowest BCUT2D eigenvalue weighted by Crippen LogP contribution is -2.29. The summed E-state index contributed by atoms with van der Waals surface area (Å²) in [5.41, 5.74) is 2.48. The lowest BCUT2D eigenvalue weighted by molar-refractivity contribution is 0.0940. The summed E-state index contributed by atoms with van der Waals surface area (Å²) >= 11 is 12.2. The molecule has 0 aliphatic rings. The molecule has 3 aromatic rings. The third-order valence-electron chi connectivity index (χ3n) is 4.40. The number of hydrogen-bond acceptors (Lipinski definition) is 3. The van der Waals surface area contributed by atoms with Gasteiger partial charge in [0.15, 0.2) is 0 Å². The molecule has 0 unspecified atom stereocenters. The van der Waals surface area contributed by atoms with Crippen molar-refractivity contribution in [2.24, 2.45) is 0 Å². The van der Waals surface area contributed by atoms with Crippen molar-refractivity contribution >= 4 is 34.9 Å². The number of carbonyl (C=O) groups excluding carboxylic acids is 1. The highest BCUT2D eigenvalue weighted by Gasteiger charge is 2.19. The first-order valence-corrected chi connectivity index (χ1v) is 9.66. The fourth-order valence-electron chi connectivity index (χ4n) is 2.99. The molecule has 6 heteroatoms. The Bertz CT molecular complexity index is 963. The zero-order valence-electron chi connectivity index (χ0n) is 15.7. The molecule has 0 spiro atoms. The summed E-state index contributed by atoms with van der Waals surface area (Å²) in [5.74, 6) is 0.335. The Kier molecular flexibility index (Phi) is 6.55. The van der Waals surface area contributed by atoms with Crippen molar-refractivity contribution in [3.63, 3.8) is 0 Å². The normalized spacial score (nSPS) is 11.7. The zero-order valence-corrected chi connectivity index (χ0v) is 17.2. The van der Waals surface area contributed by atoms with E-state index in [4.69, 9.17) is 23.2 Å². The van der Waals surface area contributed by atoms with Crippen molar-refractivity contribution in [1.82, 2.24) is 10.3 Å². The average molecular weight is 414 g/mol. The van der Waals surface area contributed by atoms with Crippen LogP contribution in [0.5, 0.6) is 0 Å². The van der Waals surface area contributed by atoms with Crippen LogP contribution in [0, 0.1) is 0 Å². The quantitative estimate of drug-likeness (QED) is 0.578. The van der Waals surface area contributed by atoms with Crippen LogP contribution in [-0.4, -0.2) is 17.9 Å². The highest BCUT2D eigenvalue weighted by atomic mass is 35.5. The summed E-state index contributed by atoms with van der Waals surface area (Å²) in [6.07, 6.45) is 1.54. The topological polar surface area (TPSA) is 45.2 Å². The molecule has 0 saturated heterocycles. The van der Waals surface area contributed by atoms with Gasteiger partial charge in [-0.15, -0.1) is 0 Å². The van der Waals surface area contributed by atoms with Crippen LogP contribution in [0.25, 0.3) is 0 Å². The molecule has 1 N–H and O–H groups in total. The zero-order chi connectivity index (χ0) is 20.1. The van der Waals surface area contributed by atoms with Crippen molar-refractivity contribution < 1.29 is 4.79 Å². The number of nitrogens with zero attached hydrogens (tertiary/aromatic N) is 2. The minimum atomic E-state index is -0.223. The molecule has 144 valence electrons. The van der Waals surface area contributed by atoms with E-state index < -0.39 is 0 Å². The van der Waals surface area contributed by atoms with Crippen LogP contribution >= 0.6 is 23.2 Å². The van der Waals surface area contributed by atoms with Crippen LogP contribution in [0.4, 0.5) is 5.82 Å². The first-order chi connectivity index (χ1) is 13.4. The van der Waals surface area contributed by atoms with Gasteiger partial charge in [0.25, 0.3) is 5.91 Å². The monoisotopic (exact) mass is 413 g/mol. The highest BCUT2D eigenvalue weighted by molar-refractivity contribution is 6.31. The molecule has 0 saturated carbocycles. The molecular formula is C22H21Cl2N3O. The molecule has 0 bridgehead atoms. The number of rotatable bonds is 6. The maximum absolute atomic E-state index is 13.0. The van der Waals surface area contributed by atoms with Crippen LogP contribution in [0.1, 0.15) is 34.5 Å². The number of benzene rings is 2. The van der Waals surface area contributed by atoms with E-state index in [9.17, 15) is 4.79 Å². The second kappa shape index (κ2) is 9.09. The van der Waals surface area contributed by atoms with E-state index in [1.165, 1.54) is 0 Å². The van der Waals surface area contributed by atoms with E-state index in [0.717, 1.165) is 11.1 Å². The summed E-state index contributed by atoms with van der Waals surface area (Å²) in [7, 11) is 1.88. The van der Waals surface area contributed by atoms with E-state index in [1.54, 1.807) is 12.3 Å². The predicted molar refractivity (Wildman–Crippen MR) is 115 cm³/mol. The fourth-order valence-corrected chi connectivity index (χ4v) is 3.36. The molecule has 1 atom stereocenters. The summed E-state index contributed by atoms with van der Waals surface area (Å²) < 4.78 is 0. The summed E-state index contributed by atoms with van der Waals surface area (Å²) in [5, 5.41) is 4.11. The van der Waals surface area contributed by atoms with Crippen molar-refractivity contribution in [1.29, 1.82) is 0 Å². The maximum Gasteiger partial charge on any atom is 0.255 e. The highest BCUT2D eigenvalue weighted by Crippen LogP contribution is 2.24. The summed E-state index contributed by atoms with van der Waals surface area (Å²) in [4.78, 5) is 19.3. The van der Waals surface area contributed by atoms with Crippen LogP contribution in [0.15, 0.2) is 66.9 Å². The van der Waals surface area contributed by atoms with E-state index in [1.807, 2.05) is 73.5 Å². The summed E-state index contributed by atoms with van der Waals surface area (Å²) in [6, 6.07) is 18.9. The first-order valence-electron chi connectivity index (χ1n) is 8.91. The Balaban J connectivity index is 1.82. The predicted octanol–water partition coefficient (Wildman–Crippen LogP) is 5.52. The minimum absolute atomic E-state index is 0.140. The van der Waals surface area contributed by atoms with Gasteiger partial charge in [0.05, 0.1) is 16.6 Å². The van der Waals surface area contributed by atoms with Gasteiger partial charge < -0.3 is 10.2 Å². The number of anilines is 1. The van der Waals surface area contributed by atoms with Crippen LogP contribution in [0.3, 0.4) is 0 Å². The van der Waals surface area contributed by atoms with Gasteiger partial charge in [0.2, 0.25) is 0 Å². The van der Waals surface area contributed by atoms with Crippen LogP contribution in [-0.2, 0) is 6.54 Å². The molecule has 28 heavy (non-hydrogen) atoms. The molecule has 0 fully saturated rings. The number of halogens is 2. The Labute approximate surface area is 175 Å². The number of aromatic nitrogens is 1. The Morgan fingerprint density at radius 3 is 2.54 bits per heavy atom. The number of nitrogens with one attached hydrogen (secondary N) is 1. The molecule has 1 amide bonds. The van der Waals surface area contributed by atoms with Gasteiger partial charge >= 0.3 is 0 Å². The largest absolute Gasteiger partial charge is 0.355 e. The molecule has 3 rings (SSSR count). The van der Waals surface area contributed by atoms with E-state index in [0.29, 0.717) is 28.0 Å². The molecule has 4 nitrogen and oxygen atoms in total. The van der Waals surface area contributed by atoms with Crippen LogP contribution < -0.4 is 10.2 Å². The lowest BCUT2D eigenvalue weighted by atomic mass is 10.1. The standard InChI is InChI=1S/C22H21Cl2N3O/c1-15(17-8-4-3-5-9-17)26-22(28)20-12-19(24)13-25-21(20)27(2)14-16-7-6-10-18(23)11-16/h3-13,15H,14H2,1-2H3,(H,26,28)/t15-/m0/s1. The molecule has 1 aromatic heterocycles. The Morgan fingerprint density at radius 2 is 1.82 bits per heavy atom. The van der Waals surface area contributed by atoms with E-state index >= 15 is 0 Å². The van der Waals surface area contributed by atoms with Gasteiger partial charge in [0.1, 0.15) is 5.82 Å². The second-order valence-corrected chi connectivity index (χ2v) is 7.49. The van der Waals surface area contributed by atoms with Gasteiger partial charge in [-0.2, -0.15) is 0 Å². The maximum atomic E-state index is 13.0. The minimum Gasteiger partial charge on any atom is -0.355 e.